The maximum atomic E-state index is 13.6. The molecule has 1 heterocycles. The molecule has 1 aromatic heterocycles. The van der Waals surface area contributed by atoms with Gasteiger partial charge in [-0.2, -0.15) is 0 Å². The molecule has 0 atom stereocenters. The van der Waals surface area contributed by atoms with Crippen LogP contribution in [0, 0.1) is 5.82 Å². The van der Waals surface area contributed by atoms with Gasteiger partial charge in [-0.1, -0.05) is 11.3 Å². The van der Waals surface area contributed by atoms with Gasteiger partial charge < -0.3 is 9.64 Å². The zero-order chi connectivity index (χ0) is 21.5. The highest BCUT2D eigenvalue weighted by molar-refractivity contribution is 7.99. The Kier molecular flexibility index (Phi) is 10.0. The SMILES string of the molecule is COc1ccc(SCCC(=O)N(CCCN(C)C)c2nc3ccc(F)cc3s2)cc1.Cl. The molecule has 0 aliphatic carbocycles. The summed E-state index contributed by atoms with van der Waals surface area (Å²) >= 11 is 3.00. The van der Waals surface area contributed by atoms with Gasteiger partial charge in [0.1, 0.15) is 11.6 Å². The molecule has 5 nitrogen and oxygen atoms in total. The summed E-state index contributed by atoms with van der Waals surface area (Å²) in [6.45, 7) is 1.47. The van der Waals surface area contributed by atoms with Gasteiger partial charge in [-0.05, 0) is 69.5 Å². The summed E-state index contributed by atoms with van der Waals surface area (Å²) in [5.74, 6) is 1.23. The second-order valence-corrected chi connectivity index (χ2v) is 9.26. The van der Waals surface area contributed by atoms with Crippen molar-refractivity contribution in [1.82, 2.24) is 9.88 Å². The van der Waals surface area contributed by atoms with Crippen LogP contribution in [0.3, 0.4) is 0 Å². The molecule has 0 unspecified atom stereocenters. The fourth-order valence-electron chi connectivity index (χ4n) is 2.94. The molecule has 0 aliphatic rings. The molecule has 31 heavy (non-hydrogen) atoms. The van der Waals surface area contributed by atoms with Crippen LogP contribution in [0.15, 0.2) is 47.4 Å². The van der Waals surface area contributed by atoms with Crippen molar-refractivity contribution in [2.24, 2.45) is 0 Å². The van der Waals surface area contributed by atoms with Gasteiger partial charge in [0.15, 0.2) is 5.13 Å². The Hall–Kier alpha value is -1.87. The van der Waals surface area contributed by atoms with Crippen molar-refractivity contribution in [2.75, 3.05) is 44.9 Å². The van der Waals surface area contributed by atoms with Crippen LogP contribution in [0.5, 0.6) is 5.75 Å². The summed E-state index contributed by atoms with van der Waals surface area (Å²) in [5, 5.41) is 0.633. The Labute approximate surface area is 197 Å². The van der Waals surface area contributed by atoms with Gasteiger partial charge in [0.05, 0.1) is 17.3 Å². The first-order valence-electron chi connectivity index (χ1n) is 9.74. The van der Waals surface area contributed by atoms with E-state index >= 15 is 0 Å². The van der Waals surface area contributed by atoms with Crippen LogP contribution in [0.25, 0.3) is 10.2 Å². The molecule has 3 aromatic rings. The predicted octanol–water partition coefficient (Wildman–Crippen LogP) is 5.33. The number of hydrogen-bond acceptors (Lipinski definition) is 6. The van der Waals surface area contributed by atoms with E-state index in [0.717, 1.165) is 33.8 Å². The minimum absolute atomic E-state index is 0. The van der Waals surface area contributed by atoms with E-state index in [2.05, 4.69) is 9.88 Å². The molecule has 1 amide bonds. The van der Waals surface area contributed by atoms with Crippen molar-refractivity contribution < 1.29 is 13.9 Å². The zero-order valence-corrected chi connectivity index (χ0v) is 20.3. The maximum absolute atomic E-state index is 13.6. The van der Waals surface area contributed by atoms with Crippen LogP contribution in [0.2, 0.25) is 0 Å². The molecule has 0 N–H and O–H groups in total. The van der Waals surface area contributed by atoms with Gasteiger partial charge in [0.25, 0.3) is 0 Å². The number of anilines is 1. The lowest BCUT2D eigenvalue weighted by molar-refractivity contribution is -0.118. The van der Waals surface area contributed by atoms with Gasteiger partial charge in [0, 0.05) is 23.6 Å². The third-order valence-corrected chi connectivity index (χ3v) is 6.56. The Bertz CT molecular complexity index is 983. The number of aromatic nitrogens is 1. The largest absolute Gasteiger partial charge is 0.497 e. The summed E-state index contributed by atoms with van der Waals surface area (Å²) in [7, 11) is 5.67. The first kappa shape index (κ1) is 25.4. The first-order valence-corrected chi connectivity index (χ1v) is 11.5. The lowest BCUT2D eigenvalue weighted by atomic mass is 10.3. The lowest BCUT2D eigenvalue weighted by Gasteiger charge is -2.21. The third kappa shape index (κ3) is 7.35. The molecular formula is C22H27ClFN3O2S2. The molecule has 0 radical (unpaired) electrons. The summed E-state index contributed by atoms with van der Waals surface area (Å²) in [6, 6.07) is 12.3. The molecule has 0 saturated heterocycles. The number of nitrogens with zero attached hydrogens (tertiary/aromatic N) is 3. The fourth-order valence-corrected chi connectivity index (χ4v) is 4.81. The smallest absolute Gasteiger partial charge is 0.229 e. The van der Waals surface area contributed by atoms with Crippen LogP contribution in [-0.4, -0.2) is 55.8 Å². The number of halogens is 2. The van der Waals surface area contributed by atoms with Crippen molar-refractivity contribution >= 4 is 56.8 Å². The highest BCUT2D eigenvalue weighted by atomic mass is 35.5. The van der Waals surface area contributed by atoms with E-state index in [1.807, 2.05) is 38.4 Å². The number of amides is 1. The van der Waals surface area contributed by atoms with E-state index in [1.54, 1.807) is 29.8 Å². The minimum atomic E-state index is -0.293. The molecule has 0 aliphatic heterocycles. The van der Waals surface area contributed by atoms with Crippen molar-refractivity contribution in [3.05, 3.63) is 48.3 Å². The van der Waals surface area contributed by atoms with Crippen LogP contribution in [-0.2, 0) is 4.79 Å². The van der Waals surface area contributed by atoms with Gasteiger partial charge in [-0.15, -0.1) is 24.2 Å². The second-order valence-electron chi connectivity index (χ2n) is 7.08. The molecule has 0 fully saturated rings. The topological polar surface area (TPSA) is 45.7 Å². The third-order valence-electron chi connectivity index (χ3n) is 4.50. The highest BCUT2D eigenvalue weighted by Crippen LogP contribution is 2.30. The highest BCUT2D eigenvalue weighted by Gasteiger charge is 2.19. The molecular weight excluding hydrogens is 457 g/mol. The predicted molar refractivity (Wildman–Crippen MR) is 131 cm³/mol. The van der Waals surface area contributed by atoms with E-state index in [1.165, 1.54) is 23.5 Å². The van der Waals surface area contributed by atoms with Crippen molar-refractivity contribution in [3.8, 4) is 5.75 Å². The number of carbonyl (C=O) groups excluding carboxylic acids is 1. The van der Waals surface area contributed by atoms with Crippen molar-refractivity contribution in [2.45, 2.75) is 17.7 Å². The number of thioether (sulfide) groups is 1. The number of rotatable bonds is 10. The van der Waals surface area contributed by atoms with Crippen LogP contribution >= 0.6 is 35.5 Å². The number of thiazole rings is 1. The van der Waals surface area contributed by atoms with E-state index < -0.39 is 0 Å². The Balaban J connectivity index is 0.00000341. The lowest BCUT2D eigenvalue weighted by Crippen LogP contribution is -2.33. The summed E-state index contributed by atoms with van der Waals surface area (Å²) in [6.07, 6.45) is 1.25. The van der Waals surface area contributed by atoms with E-state index in [0.29, 0.717) is 23.8 Å². The average molecular weight is 484 g/mol. The van der Waals surface area contributed by atoms with Gasteiger partial charge in [0.2, 0.25) is 5.91 Å². The Morgan fingerprint density at radius 1 is 1.16 bits per heavy atom. The molecule has 3 rings (SSSR count). The van der Waals surface area contributed by atoms with E-state index in [-0.39, 0.29) is 24.1 Å². The number of fused-ring (bicyclic) bond motifs is 1. The summed E-state index contributed by atoms with van der Waals surface area (Å²) < 4.78 is 19.5. The van der Waals surface area contributed by atoms with E-state index in [9.17, 15) is 9.18 Å². The average Bonchev–Trinajstić information content (AvgIpc) is 3.14. The monoisotopic (exact) mass is 483 g/mol. The minimum Gasteiger partial charge on any atom is -0.497 e. The molecule has 0 spiro atoms. The summed E-state index contributed by atoms with van der Waals surface area (Å²) in [5.41, 5.74) is 0.717. The fraction of sp³-hybridized carbons (Fsp3) is 0.364. The maximum Gasteiger partial charge on any atom is 0.229 e. The standard InChI is InChI=1S/C22H26FN3O2S2.ClH/c1-25(2)12-4-13-26(22-24-19-10-5-16(23)15-20(19)30-22)21(27)11-14-29-18-8-6-17(28-3)7-9-18;/h5-10,15H,4,11-14H2,1-3H3;1H. The Morgan fingerprint density at radius 2 is 1.90 bits per heavy atom. The number of ether oxygens (including phenoxy) is 1. The van der Waals surface area contributed by atoms with Gasteiger partial charge in [-0.25, -0.2) is 9.37 Å². The second kappa shape index (κ2) is 12.2. The molecule has 2 aromatic carbocycles. The number of benzene rings is 2. The number of methoxy groups -OCH3 is 1. The van der Waals surface area contributed by atoms with Crippen LogP contribution < -0.4 is 9.64 Å². The first-order chi connectivity index (χ1) is 14.5. The normalized spacial score (nSPS) is 10.9. The Morgan fingerprint density at radius 3 is 2.58 bits per heavy atom. The van der Waals surface area contributed by atoms with Crippen LogP contribution in [0.1, 0.15) is 12.8 Å². The van der Waals surface area contributed by atoms with Crippen molar-refractivity contribution in [3.63, 3.8) is 0 Å². The van der Waals surface area contributed by atoms with Crippen molar-refractivity contribution in [1.29, 1.82) is 0 Å². The summed E-state index contributed by atoms with van der Waals surface area (Å²) in [4.78, 5) is 22.5. The van der Waals surface area contributed by atoms with Gasteiger partial charge >= 0.3 is 0 Å². The van der Waals surface area contributed by atoms with Crippen LogP contribution in [0.4, 0.5) is 9.52 Å². The quantitative estimate of drug-likeness (QED) is 0.364. The van der Waals surface area contributed by atoms with E-state index in [4.69, 9.17) is 4.74 Å². The molecule has 0 saturated carbocycles. The molecule has 168 valence electrons. The molecule has 0 bridgehead atoms. The zero-order valence-electron chi connectivity index (χ0n) is 17.8. The van der Waals surface area contributed by atoms with Gasteiger partial charge in [-0.3, -0.25) is 9.69 Å². The number of carbonyl (C=O) groups is 1. The molecule has 9 heteroatoms. The number of hydrogen-bond donors (Lipinski definition) is 0.